The van der Waals surface area contributed by atoms with Crippen LogP contribution >= 0.6 is 0 Å². The molecule has 0 spiro atoms. The zero-order chi connectivity index (χ0) is 20.0. The van der Waals surface area contributed by atoms with Gasteiger partial charge < -0.3 is 9.80 Å². The van der Waals surface area contributed by atoms with Crippen LogP contribution in [0.4, 0.5) is 24.8 Å². The van der Waals surface area contributed by atoms with Crippen molar-refractivity contribution in [2.75, 3.05) is 36.0 Å². The Hall–Kier alpha value is -3.24. The van der Waals surface area contributed by atoms with E-state index < -0.39 is 11.7 Å². The molecule has 0 saturated carbocycles. The van der Waals surface area contributed by atoms with Gasteiger partial charge in [-0.25, -0.2) is 9.97 Å². The predicted molar refractivity (Wildman–Crippen MR) is 98.1 cm³/mol. The number of halogens is 3. The fourth-order valence-corrected chi connectivity index (χ4v) is 4.23. The number of fused-ring (bicyclic) bond motifs is 1. The fourth-order valence-electron chi connectivity index (χ4n) is 4.23. The molecule has 0 bridgehead atoms. The van der Waals surface area contributed by atoms with E-state index in [-0.39, 0.29) is 17.5 Å². The number of hydrogen-bond acceptors (Lipinski definition) is 7. The molecule has 2 unspecified atom stereocenters. The Bertz CT molecular complexity index is 975. The molecule has 2 saturated heterocycles. The maximum absolute atomic E-state index is 13.3. The normalized spacial score (nSPS) is 21.6. The van der Waals surface area contributed by atoms with E-state index in [0.717, 1.165) is 19.2 Å². The van der Waals surface area contributed by atoms with Crippen LogP contribution in [0.25, 0.3) is 11.4 Å². The van der Waals surface area contributed by atoms with Crippen molar-refractivity contribution in [1.82, 2.24) is 30.6 Å². The topological polar surface area (TPSA) is 86.7 Å². The number of anilines is 2. The molecule has 2 aliphatic rings. The lowest BCUT2D eigenvalue weighted by Gasteiger charge is -2.25. The van der Waals surface area contributed by atoms with Crippen LogP contribution in [0.15, 0.2) is 36.7 Å². The van der Waals surface area contributed by atoms with E-state index in [1.54, 1.807) is 24.5 Å². The molecule has 2 atom stereocenters. The smallest absolute Gasteiger partial charge is 0.370 e. The van der Waals surface area contributed by atoms with Gasteiger partial charge in [0.1, 0.15) is 0 Å². The van der Waals surface area contributed by atoms with Gasteiger partial charge in [-0.15, -0.1) is 10.2 Å². The van der Waals surface area contributed by atoms with Crippen molar-refractivity contribution in [3.63, 3.8) is 0 Å². The molecule has 1 aromatic carbocycles. The van der Waals surface area contributed by atoms with Crippen molar-refractivity contribution in [3.8, 4) is 11.4 Å². The lowest BCUT2D eigenvalue weighted by atomic mass is 10.0. The fraction of sp³-hybridized carbons (Fsp3) is 0.389. The van der Waals surface area contributed by atoms with Crippen molar-refractivity contribution in [2.45, 2.75) is 6.18 Å². The molecule has 3 aromatic rings. The molecule has 11 heteroatoms. The number of benzene rings is 1. The number of hydrogen-bond donors (Lipinski definition) is 1. The average molecular weight is 402 g/mol. The summed E-state index contributed by atoms with van der Waals surface area (Å²) in [5.74, 6) is 1.58. The van der Waals surface area contributed by atoms with Crippen molar-refractivity contribution in [3.05, 3.63) is 42.2 Å². The second-order valence-electron chi connectivity index (χ2n) is 7.35. The zero-order valence-electron chi connectivity index (χ0n) is 15.2. The average Bonchev–Trinajstić information content (AvgIpc) is 3.44. The molecule has 29 heavy (non-hydrogen) atoms. The van der Waals surface area contributed by atoms with Gasteiger partial charge in [-0.05, 0) is 17.3 Å². The summed E-state index contributed by atoms with van der Waals surface area (Å²) in [4.78, 5) is 12.7. The number of alkyl halides is 3. The molecule has 2 aromatic heterocycles. The van der Waals surface area contributed by atoms with E-state index in [0.29, 0.717) is 30.4 Å². The Morgan fingerprint density at radius 3 is 2.21 bits per heavy atom. The summed E-state index contributed by atoms with van der Waals surface area (Å²) < 4.78 is 40.0. The molecule has 0 radical (unpaired) electrons. The van der Waals surface area contributed by atoms with Gasteiger partial charge in [0.15, 0.2) is 0 Å². The molecule has 2 aliphatic heterocycles. The number of rotatable bonds is 3. The monoisotopic (exact) mass is 402 g/mol. The number of tetrazole rings is 1. The van der Waals surface area contributed by atoms with Gasteiger partial charge in [-0.1, -0.05) is 12.1 Å². The second-order valence-corrected chi connectivity index (χ2v) is 7.35. The van der Waals surface area contributed by atoms with Crippen molar-refractivity contribution in [2.24, 2.45) is 11.8 Å². The van der Waals surface area contributed by atoms with Crippen molar-refractivity contribution < 1.29 is 13.2 Å². The van der Waals surface area contributed by atoms with Crippen LogP contribution in [0.3, 0.4) is 0 Å². The molecule has 150 valence electrons. The summed E-state index contributed by atoms with van der Waals surface area (Å²) in [6.07, 6.45) is -1.06. The van der Waals surface area contributed by atoms with Crippen LogP contribution in [-0.4, -0.2) is 56.8 Å². The first-order valence-corrected chi connectivity index (χ1v) is 9.21. The number of nitrogens with one attached hydrogen (secondary N) is 1. The molecule has 1 N–H and O–H groups in total. The van der Waals surface area contributed by atoms with Gasteiger partial charge in [0.05, 0.1) is 11.1 Å². The third kappa shape index (κ3) is 3.26. The summed E-state index contributed by atoms with van der Waals surface area (Å²) in [7, 11) is 0. The van der Waals surface area contributed by atoms with Gasteiger partial charge in [0, 0.05) is 56.1 Å². The quantitative estimate of drug-likeness (QED) is 0.719. The number of aromatic amines is 1. The van der Waals surface area contributed by atoms with Crippen molar-refractivity contribution in [1.29, 1.82) is 0 Å². The summed E-state index contributed by atoms with van der Waals surface area (Å²) >= 11 is 0. The summed E-state index contributed by atoms with van der Waals surface area (Å²) in [5, 5.41) is 13.7. The molecular weight excluding hydrogens is 385 g/mol. The molecule has 0 aliphatic carbocycles. The highest BCUT2D eigenvalue weighted by atomic mass is 19.4. The highest BCUT2D eigenvalue weighted by Gasteiger charge is 2.43. The first-order chi connectivity index (χ1) is 14.0. The third-order valence-electron chi connectivity index (χ3n) is 5.56. The lowest BCUT2D eigenvalue weighted by molar-refractivity contribution is -0.137. The van der Waals surface area contributed by atoms with E-state index in [9.17, 15) is 13.2 Å². The van der Waals surface area contributed by atoms with E-state index in [4.69, 9.17) is 0 Å². The number of aromatic nitrogens is 6. The SMILES string of the molecule is FC(F)(F)c1ccccc1N1CC2CN(c3ncc(-c4nn[nH]n4)cn3)CC2C1. The molecule has 0 amide bonds. The highest BCUT2D eigenvalue weighted by molar-refractivity contribution is 5.57. The van der Waals surface area contributed by atoms with E-state index in [1.807, 2.05) is 4.90 Å². The highest BCUT2D eigenvalue weighted by Crippen LogP contribution is 2.41. The van der Waals surface area contributed by atoms with Gasteiger partial charge in [-0.2, -0.15) is 18.4 Å². The van der Waals surface area contributed by atoms with Gasteiger partial charge in [0.25, 0.3) is 0 Å². The molecular formula is C18H17F3N8. The predicted octanol–water partition coefficient (Wildman–Crippen LogP) is 2.25. The van der Waals surface area contributed by atoms with Gasteiger partial charge >= 0.3 is 6.18 Å². The van der Waals surface area contributed by atoms with E-state index >= 15 is 0 Å². The maximum atomic E-state index is 13.3. The van der Waals surface area contributed by atoms with E-state index in [2.05, 4.69) is 35.5 Å². The summed E-state index contributed by atoms with van der Waals surface area (Å²) in [6.45, 7) is 2.62. The Balaban J connectivity index is 1.28. The van der Waals surface area contributed by atoms with Crippen LogP contribution < -0.4 is 9.80 Å². The minimum atomic E-state index is -4.35. The Kier molecular flexibility index (Phi) is 4.10. The molecule has 5 rings (SSSR count). The maximum Gasteiger partial charge on any atom is 0.418 e. The largest absolute Gasteiger partial charge is 0.418 e. The molecule has 4 heterocycles. The Labute approximate surface area is 163 Å². The van der Waals surface area contributed by atoms with Crippen LogP contribution in [-0.2, 0) is 6.18 Å². The van der Waals surface area contributed by atoms with Crippen LogP contribution in [0.1, 0.15) is 5.56 Å². The van der Waals surface area contributed by atoms with Crippen LogP contribution in [0.2, 0.25) is 0 Å². The minimum Gasteiger partial charge on any atom is -0.370 e. The summed E-state index contributed by atoms with van der Waals surface area (Å²) in [6, 6.07) is 5.79. The van der Waals surface area contributed by atoms with Gasteiger partial charge in [0.2, 0.25) is 11.8 Å². The lowest BCUT2D eigenvalue weighted by Crippen LogP contribution is -2.30. The third-order valence-corrected chi connectivity index (χ3v) is 5.56. The summed E-state index contributed by atoms with van der Waals surface area (Å²) in [5.41, 5.74) is 0.357. The Morgan fingerprint density at radius 2 is 1.59 bits per heavy atom. The van der Waals surface area contributed by atoms with Gasteiger partial charge in [-0.3, -0.25) is 0 Å². The van der Waals surface area contributed by atoms with E-state index in [1.165, 1.54) is 6.07 Å². The molecule has 8 nitrogen and oxygen atoms in total. The van der Waals surface area contributed by atoms with Crippen molar-refractivity contribution >= 4 is 11.6 Å². The number of H-pyrrole nitrogens is 1. The second kappa shape index (κ2) is 6.68. The number of para-hydroxylation sites is 1. The Morgan fingerprint density at radius 1 is 0.931 bits per heavy atom. The van der Waals surface area contributed by atoms with Crippen LogP contribution in [0.5, 0.6) is 0 Å². The van der Waals surface area contributed by atoms with Crippen LogP contribution in [0, 0.1) is 11.8 Å². The number of nitrogens with zero attached hydrogens (tertiary/aromatic N) is 7. The first kappa shape index (κ1) is 17.8. The zero-order valence-corrected chi connectivity index (χ0v) is 15.2. The first-order valence-electron chi connectivity index (χ1n) is 9.21. The standard InChI is InChI=1S/C18H17F3N8/c19-18(20,21)14-3-1-2-4-15(14)28-7-12-9-29(10-13(12)8-28)17-22-5-11(6-23-17)16-24-26-27-25-16/h1-6,12-13H,7-10H2,(H,24,25,26,27). The minimum absolute atomic E-state index is 0.265. The molecule has 2 fully saturated rings.